The molecule has 1 aromatic carbocycles. The predicted octanol–water partition coefficient (Wildman–Crippen LogP) is 3.09. The second-order valence-corrected chi connectivity index (χ2v) is 9.37. The zero-order valence-corrected chi connectivity index (χ0v) is 17.5. The molecule has 1 saturated heterocycles. The molecule has 10 heteroatoms. The number of pyridine rings is 1. The van der Waals surface area contributed by atoms with Crippen molar-refractivity contribution in [2.24, 2.45) is 7.05 Å². The second-order valence-electron chi connectivity index (χ2n) is 7.47. The number of anilines is 1. The third-order valence-electron chi connectivity index (χ3n) is 5.59. The van der Waals surface area contributed by atoms with Crippen LogP contribution in [-0.2, 0) is 30.0 Å². The average Bonchev–Trinajstić information content (AvgIpc) is 3.05. The molecule has 0 spiro atoms. The lowest BCUT2D eigenvalue weighted by Gasteiger charge is -2.38. The molecule has 1 N–H and O–H groups in total. The van der Waals surface area contributed by atoms with Crippen LogP contribution >= 0.6 is 0 Å². The average molecular weight is 436 g/mol. The lowest BCUT2D eigenvalue weighted by molar-refractivity contribution is 0.193. The molecule has 0 bridgehead atoms. The number of hydrogen-bond donors (Lipinski definition) is 1. The molecule has 0 aliphatic carbocycles. The van der Waals surface area contributed by atoms with E-state index >= 15 is 0 Å². The molecule has 0 amide bonds. The third-order valence-corrected chi connectivity index (χ3v) is 7.06. The van der Waals surface area contributed by atoms with Gasteiger partial charge in [0.1, 0.15) is 11.3 Å². The van der Waals surface area contributed by atoms with Crippen molar-refractivity contribution in [3.8, 4) is 0 Å². The summed E-state index contributed by atoms with van der Waals surface area (Å²) in [5.41, 5.74) is 5.06. The normalized spacial score (nSPS) is 15.6. The summed E-state index contributed by atoms with van der Waals surface area (Å²) in [5.74, 6) is -2.67. The molecule has 3 heterocycles. The Morgan fingerprint density at radius 3 is 2.67 bits per heavy atom. The van der Waals surface area contributed by atoms with Crippen LogP contribution in [0.5, 0.6) is 0 Å². The smallest absolute Gasteiger partial charge is 0.350 e. The highest BCUT2D eigenvalue weighted by molar-refractivity contribution is 7.89. The summed E-state index contributed by atoms with van der Waals surface area (Å²) in [5, 5.41) is 3.34. The molecule has 30 heavy (non-hydrogen) atoms. The second kappa shape index (κ2) is 7.92. The van der Waals surface area contributed by atoms with Crippen LogP contribution in [0.25, 0.3) is 11.0 Å². The summed E-state index contributed by atoms with van der Waals surface area (Å²) < 4.78 is 51.1. The molecule has 0 saturated carbocycles. The Balaban J connectivity index is 1.44. The van der Waals surface area contributed by atoms with Gasteiger partial charge in [-0.2, -0.15) is 13.1 Å². The maximum Gasteiger partial charge on any atom is 0.350 e. The summed E-state index contributed by atoms with van der Waals surface area (Å²) >= 11 is 0. The van der Waals surface area contributed by atoms with Gasteiger partial charge in [0.15, 0.2) is 0 Å². The van der Waals surface area contributed by atoms with Crippen molar-refractivity contribution in [1.82, 2.24) is 18.8 Å². The molecule has 0 radical (unpaired) electrons. The van der Waals surface area contributed by atoms with Crippen molar-refractivity contribution in [3.05, 3.63) is 53.5 Å². The Labute approximate surface area is 173 Å². The van der Waals surface area contributed by atoms with Crippen LogP contribution in [0.4, 0.5) is 14.6 Å². The summed E-state index contributed by atoms with van der Waals surface area (Å²) in [6, 6.07) is 7.96. The lowest BCUT2D eigenvalue weighted by Crippen LogP contribution is -2.50. The Hall–Kier alpha value is -2.59. The topological polar surface area (TPSA) is 80.1 Å². The number of nitrogens with zero attached hydrogens (tertiary/aromatic N) is 4. The molecule has 2 aromatic heterocycles. The molecular weight excluding hydrogens is 412 g/mol. The molecule has 0 unspecified atom stereocenters. The molecule has 1 fully saturated rings. The minimum atomic E-state index is -4.48. The number of aromatic nitrogens is 3. The summed E-state index contributed by atoms with van der Waals surface area (Å²) in [6.45, 7) is 2.84. The van der Waals surface area contributed by atoms with Gasteiger partial charge in [0.25, 0.3) is 10.0 Å². The van der Waals surface area contributed by atoms with Crippen molar-refractivity contribution in [2.75, 3.05) is 18.4 Å². The first-order chi connectivity index (χ1) is 14.3. The van der Waals surface area contributed by atoms with Gasteiger partial charge in [-0.15, -0.1) is 0 Å². The number of alkyl halides is 2. The van der Waals surface area contributed by atoms with E-state index in [0.29, 0.717) is 6.54 Å². The Kier molecular flexibility index (Phi) is 5.46. The molecular formula is C20H23F2N5O2S. The molecule has 160 valence electrons. The van der Waals surface area contributed by atoms with E-state index in [9.17, 15) is 17.2 Å². The van der Waals surface area contributed by atoms with E-state index in [1.165, 1.54) is 0 Å². The first kappa shape index (κ1) is 20.7. The summed E-state index contributed by atoms with van der Waals surface area (Å²) in [4.78, 5) is 8.66. The molecule has 3 aromatic rings. The van der Waals surface area contributed by atoms with Gasteiger partial charge >= 0.3 is 5.76 Å². The first-order valence-electron chi connectivity index (χ1n) is 9.69. The third kappa shape index (κ3) is 3.77. The number of aryl methyl sites for hydroxylation is 2. The van der Waals surface area contributed by atoms with Gasteiger partial charge in [-0.25, -0.2) is 18.4 Å². The molecule has 4 rings (SSSR count). The van der Waals surface area contributed by atoms with Gasteiger partial charge in [0.2, 0.25) is 0 Å². The number of halogens is 2. The predicted molar refractivity (Wildman–Crippen MR) is 111 cm³/mol. The maximum atomic E-state index is 12.7. The number of imidazole rings is 1. The van der Waals surface area contributed by atoms with Crippen LogP contribution in [0.15, 0.2) is 36.8 Å². The molecule has 0 atom stereocenters. The largest absolute Gasteiger partial charge is 0.366 e. The highest BCUT2D eigenvalue weighted by atomic mass is 32.2. The Morgan fingerprint density at radius 2 is 1.97 bits per heavy atom. The first-order valence-corrected chi connectivity index (χ1v) is 11.2. The van der Waals surface area contributed by atoms with Crippen LogP contribution in [-0.4, -0.2) is 46.1 Å². The highest BCUT2D eigenvalue weighted by Crippen LogP contribution is 2.32. The van der Waals surface area contributed by atoms with Crippen LogP contribution in [0.1, 0.15) is 29.5 Å². The number of benzene rings is 1. The van der Waals surface area contributed by atoms with E-state index in [2.05, 4.69) is 22.2 Å². The van der Waals surface area contributed by atoms with E-state index in [1.54, 1.807) is 12.5 Å². The molecule has 1 aliphatic rings. The maximum absolute atomic E-state index is 12.7. The number of hydrogen-bond acceptors (Lipinski definition) is 5. The van der Waals surface area contributed by atoms with E-state index in [1.807, 2.05) is 35.9 Å². The summed E-state index contributed by atoms with van der Waals surface area (Å²) in [6.07, 6.45) is 4.29. The Bertz CT molecular complexity index is 1170. The molecule has 1 aliphatic heterocycles. The fourth-order valence-corrected chi connectivity index (χ4v) is 4.68. The monoisotopic (exact) mass is 435 g/mol. The van der Waals surface area contributed by atoms with Crippen LogP contribution in [0.2, 0.25) is 0 Å². The minimum absolute atomic E-state index is 0.0558. The SMILES string of the molecule is CCc1cc(C2CN(S(=O)(=O)C(F)F)C2)ccc1CNc1cc2c(cn1)ncn2C. The lowest BCUT2D eigenvalue weighted by atomic mass is 9.90. The van der Waals surface area contributed by atoms with Crippen LogP contribution in [0, 0.1) is 0 Å². The van der Waals surface area contributed by atoms with Gasteiger partial charge in [-0.05, 0) is 23.1 Å². The highest BCUT2D eigenvalue weighted by Gasteiger charge is 2.41. The van der Waals surface area contributed by atoms with E-state index in [0.717, 1.165) is 44.3 Å². The van der Waals surface area contributed by atoms with Crippen molar-refractivity contribution in [3.63, 3.8) is 0 Å². The van der Waals surface area contributed by atoms with Crippen molar-refractivity contribution in [2.45, 2.75) is 31.6 Å². The number of rotatable bonds is 7. The van der Waals surface area contributed by atoms with Gasteiger partial charge in [0, 0.05) is 38.7 Å². The van der Waals surface area contributed by atoms with Crippen LogP contribution < -0.4 is 5.32 Å². The number of nitrogens with one attached hydrogen (secondary N) is 1. The van der Waals surface area contributed by atoms with Crippen LogP contribution in [0.3, 0.4) is 0 Å². The van der Waals surface area contributed by atoms with E-state index in [4.69, 9.17) is 0 Å². The molecule has 7 nitrogen and oxygen atoms in total. The van der Waals surface area contributed by atoms with E-state index in [-0.39, 0.29) is 19.0 Å². The summed E-state index contributed by atoms with van der Waals surface area (Å²) in [7, 11) is -2.55. The fourth-order valence-electron chi connectivity index (χ4n) is 3.68. The van der Waals surface area contributed by atoms with E-state index < -0.39 is 15.8 Å². The zero-order chi connectivity index (χ0) is 21.5. The van der Waals surface area contributed by atoms with Gasteiger partial charge in [-0.3, -0.25) is 0 Å². The van der Waals surface area contributed by atoms with Crippen molar-refractivity contribution >= 4 is 26.9 Å². The minimum Gasteiger partial charge on any atom is -0.366 e. The van der Waals surface area contributed by atoms with Gasteiger partial charge in [-0.1, -0.05) is 25.1 Å². The Morgan fingerprint density at radius 1 is 1.20 bits per heavy atom. The quantitative estimate of drug-likeness (QED) is 0.617. The van der Waals surface area contributed by atoms with Gasteiger partial charge < -0.3 is 9.88 Å². The fraction of sp³-hybridized carbons (Fsp3) is 0.400. The number of fused-ring (bicyclic) bond motifs is 1. The van der Waals surface area contributed by atoms with Crippen molar-refractivity contribution < 1.29 is 17.2 Å². The van der Waals surface area contributed by atoms with Gasteiger partial charge in [0.05, 0.1) is 18.0 Å². The van der Waals surface area contributed by atoms with Crippen molar-refractivity contribution in [1.29, 1.82) is 0 Å². The number of sulfonamides is 1. The zero-order valence-electron chi connectivity index (χ0n) is 16.7. The standard InChI is InChI=1S/C20H23F2N5O2S/c1-3-13-6-14(16-10-27(11-16)30(28,29)20(21)22)4-5-15(13)8-23-19-7-18-17(9-24-19)25-12-26(18)2/h4-7,9,12,16,20H,3,8,10-11H2,1-2H3,(H,23,24).